The maximum atomic E-state index is 13.2. The number of sulfonamides is 1. The van der Waals surface area contributed by atoms with Crippen LogP contribution in [-0.4, -0.2) is 86.4 Å². The third-order valence-electron chi connectivity index (χ3n) is 6.84. The first-order valence-corrected chi connectivity index (χ1v) is 14.9. The molecule has 1 saturated carbocycles. The zero-order valence-corrected chi connectivity index (χ0v) is 21.8. The number of morpholine rings is 1. The van der Waals surface area contributed by atoms with Crippen molar-refractivity contribution in [3.63, 3.8) is 0 Å². The molecule has 9 nitrogen and oxygen atoms in total. The van der Waals surface area contributed by atoms with Gasteiger partial charge in [-0.2, -0.15) is 4.31 Å². The van der Waals surface area contributed by atoms with Gasteiger partial charge < -0.3 is 15.4 Å². The van der Waals surface area contributed by atoms with E-state index in [2.05, 4.69) is 20.5 Å². The molecule has 10 heteroatoms. The summed E-state index contributed by atoms with van der Waals surface area (Å²) in [7, 11) is -3.24. The van der Waals surface area contributed by atoms with Crippen molar-refractivity contribution in [3.05, 3.63) is 30.1 Å². The molecule has 1 aromatic rings. The van der Waals surface area contributed by atoms with Crippen molar-refractivity contribution < 1.29 is 17.9 Å². The van der Waals surface area contributed by atoms with Crippen molar-refractivity contribution in [2.75, 3.05) is 51.7 Å². The van der Waals surface area contributed by atoms with Crippen molar-refractivity contribution >= 4 is 16.1 Å². The largest absolute Gasteiger partial charge is 0.379 e. The van der Waals surface area contributed by atoms with Crippen LogP contribution >= 0.6 is 0 Å². The molecule has 2 fully saturated rings. The topological polar surface area (TPSA) is 104 Å². The Morgan fingerprint density at radius 3 is 2.60 bits per heavy atom. The molecule has 0 atom stereocenters. The molecular weight excluding hydrogens is 466 g/mol. The van der Waals surface area contributed by atoms with Gasteiger partial charge in [0.1, 0.15) is 0 Å². The van der Waals surface area contributed by atoms with Gasteiger partial charge in [0.2, 0.25) is 10.0 Å². The highest BCUT2D eigenvalue weighted by molar-refractivity contribution is 7.89. The molecule has 0 unspecified atom stereocenters. The van der Waals surface area contributed by atoms with Gasteiger partial charge in [0, 0.05) is 51.2 Å². The maximum Gasteiger partial charge on any atom is 0.315 e. The van der Waals surface area contributed by atoms with Gasteiger partial charge in [-0.25, -0.2) is 13.2 Å². The van der Waals surface area contributed by atoms with E-state index in [1.54, 1.807) is 12.4 Å². The summed E-state index contributed by atoms with van der Waals surface area (Å²) in [5, 5.41) is 5.67. The third-order valence-corrected chi connectivity index (χ3v) is 8.84. The predicted molar refractivity (Wildman–Crippen MR) is 138 cm³/mol. The summed E-state index contributed by atoms with van der Waals surface area (Å²) in [4.78, 5) is 18.3. The molecule has 1 saturated heterocycles. The van der Waals surface area contributed by atoms with E-state index < -0.39 is 10.0 Å². The molecule has 3 rings (SSSR count). The van der Waals surface area contributed by atoms with E-state index in [-0.39, 0.29) is 17.8 Å². The molecule has 0 radical (unpaired) electrons. The van der Waals surface area contributed by atoms with E-state index in [0.29, 0.717) is 26.1 Å². The second-order valence-electron chi connectivity index (χ2n) is 9.56. The number of nitrogens with zero attached hydrogens (tertiary/aromatic N) is 3. The predicted octanol–water partition coefficient (Wildman–Crippen LogP) is 2.74. The molecular formula is C25H43N5O4S. The first kappa shape index (κ1) is 27.8. The number of hydrogen-bond donors (Lipinski definition) is 2. The molecule has 2 N–H and O–H groups in total. The lowest BCUT2D eigenvalue weighted by molar-refractivity contribution is 0.0366. The molecule has 1 aliphatic carbocycles. The van der Waals surface area contributed by atoms with Crippen LogP contribution in [0.25, 0.3) is 0 Å². The maximum absolute atomic E-state index is 13.2. The molecule has 2 aliphatic rings. The van der Waals surface area contributed by atoms with E-state index >= 15 is 0 Å². The van der Waals surface area contributed by atoms with Crippen LogP contribution in [-0.2, 0) is 21.3 Å². The van der Waals surface area contributed by atoms with Gasteiger partial charge in [0.25, 0.3) is 0 Å². The smallest absolute Gasteiger partial charge is 0.315 e. The van der Waals surface area contributed by atoms with Crippen LogP contribution in [0.2, 0.25) is 0 Å². The summed E-state index contributed by atoms with van der Waals surface area (Å²) in [6.45, 7) is 6.02. The zero-order chi connectivity index (χ0) is 24.8. The Balaban J connectivity index is 1.29. The standard InChI is InChI=1S/C25H43N5O4S/c31-25(28-22-23-9-7-12-26-21-23)27-13-5-1-2-6-20-35(32,33)30(24-10-3-4-11-24)15-8-14-29-16-18-34-19-17-29/h7,9,12,21,24H,1-6,8,10-11,13-20,22H2,(H2,27,28,31). The van der Waals surface area contributed by atoms with Crippen LogP contribution in [0.5, 0.6) is 0 Å². The lowest BCUT2D eigenvalue weighted by Gasteiger charge is -2.30. The summed E-state index contributed by atoms with van der Waals surface area (Å²) < 4.78 is 33.6. The van der Waals surface area contributed by atoms with Crippen molar-refractivity contribution in [2.45, 2.75) is 70.4 Å². The second-order valence-corrected chi connectivity index (χ2v) is 11.6. The fourth-order valence-corrected chi connectivity index (χ4v) is 6.72. The number of carbonyl (C=O) groups excluding carboxylic acids is 1. The van der Waals surface area contributed by atoms with Gasteiger partial charge in [-0.15, -0.1) is 0 Å². The lowest BCUT2D eigenvalue weighted by Crippen LogP contribution is -2.43. The van der Waals surface area contributed by atoms with Gasteiger partial charge in [-0.1, -0.05) is 31.7 Å². The molecule has 2 heterocycles. The van der Waals surface area contributed by atoms with E-state index in [1.165, 1.54) is 0 Å². The Hall–Kier alpha value is -1.75. The highest BCUT2D eigenvalue weighted by Gasteiger charge is 2.31. The number of urea groups is 1. The van der Waals surface area contributed by atoms with E-state index in [1.807, 2.05) is 16.4 Å². The Labute approximate surface area is 211 Å². The summed E-state index contributed by atoms with van der Waals surface area (Å²) in [6.07, 6.45) is 11.8. The van der Waals surface area contributed by atoms with Crippen LogP contribution in [0.15, 0.2) is 24.5 Å². The van der Waals surface area contributed by atoms with Crippen LogP contribution in [0.4, 0.5) is 4.79 Å². The number of ether oxygens (including phenoxy) is 1. The number of unbranched alkanes of at least 4 members (excludes halogenated alkanes) is 3. The van der Waals surface area contributed by atoms with Gasteiger partial charge in [0.15, 0.2) is 0 Å². The van der Waals surface area contributed by atoms with Gasteiger partial charge >= 0.3 is 6.03 Å². The molecule has 35 heavy (non-hydrogen) atoms. The van der Waals surface area contributed by atoms with E-state index in [4.69, 9.17) is 4.74 Å². The molecule has 1 aromatic heterocycles. The van der Waals surface area contributed by atoms with Crippen LogP contribution in [0.3, 0.4) is 0 Å². The zero-order valence-electron chi connectivity index (χ0n) is 21.0. The fourth-order valence-electron chi connectivity index (χ4n) is 4.85. The number of rotatable bonds is 15. The Morgan fingerprint density at radius 2 is 1.86 bits per heavy atom. The van der Waals surface area contributed by atoms with Gasteiger partial charge in [-0.05, 0) is 50.3 Å². The highest BCUT2D eigenvalue weighted by Crippen LogP contribution is 2.26. The lowest BCUT2D eigenvalue weighted by atomic mass is 10.2. The van der Waals surface area contributed by atoms with Crippen molar-refractivity contribution in [3.8, 4) is 0 Å². The molecule has 2 amide bonds. The minimum absolute atomic E-state index is 0.180. The van der Waals surface area contributed by atoms with Gasteiger partial charge in [-0.3, -0.25) is 9.88 Å². The Kier molecular flexibility index (Phi) is 12.2. The molecule has 198 valence electrons. The first-order chi connectivity index (χ1) is 17.0. The molecule has 1 aliphatic heterocycles. The minimum Gasteiger partial charge on any atom is -0.379 e. The summed E-state index contributed by atoms with van der Waals surface area (Å²) in [6, 6.07) is 3.74. The van der Waals surface area contributed by atoms with Crippen LogP contribution < -0.4 is 10.6 Å². The summed E-state index contributed by atoms with van der Waals surface area (Å²) >= 11 is 0. The summed E-state index contributed by atoms with van der Waals surface area (Å²) in [5.41, 5.74) is 0.955. The third kappa shape index (κ3) is 10.4. The average Bonchev–Trinajstić information content (AvgIpc) is 3.40. The average molecular weight is 510 g/mol. The number of amides is 2. The van der Waals surface area contributed by atoms with Crippen molar-refractivity contribution in [2.24, 2.45) is 0 Å². The quantitative estimate of drug-likeness (QED) is 0.353. The summed E-state index contributed by atoms with van der Waals surface area (Å²) in [5.74, 6) is 0.222. The number of carbonyl (C=O) groups is 1. The minimum atomic E-state index is -3.24. The highest BCUT2D eigenvalue weighted by atomic mass is 32.2. The fraction of sp³-hybridized carbons (Fsp3) is 0.760. The van der Waals surface area contributed by atoms with E-state index in [0.717, 1.165) is 89.8 Å². The second kappa shape index (κ2) is 15.4. The van der Waals surface area contributed by atoms with Crippen LogP contribution in [0.1, 0.15) is 63.4 Å². The number of aromatic nitrogens is 1. The number of hydrogen-bond acceptors (Lipinski definition) is 6. The van der Waals surface area contributed by atoms with E-state index in [9.17, 15) is 13.2 Å². The SMILES string of the molecule is O=C(NCCCCCCS(=O)(=O)N(CCCN1CCOCC1)C1CCCC1)NCc1cccnc1. The first-order valence-electron chi connectivity index (χ1n) is 13.2. The molecule has 0 spiro atoms. The number of nitrogens with one attached hydrogen (secondary N) is 2. The molecule has 0 aromatic carbocycles. The monoisotopic (exact) mass is 509 g/mol. The van der Waals surface area contributed by atoms with Crippen molar-refractivity contribution in [1.82, 2.24) is 24.8 Å². The van der Waals surface area contributed by atoms with Gasteiger partial charge in [0.05, 0.1) is 19.0 Å². The Bertz CT molecular complexity index is 828. The van der Waals surface area contributed by atoms with Crippen LogP contribution in [0, 0.1) is 0 Å². The normalized spacial score (nSPS) is 17.6. The Morgan fingerprint density at radius 1 is 1.09 bits per heavy atom. The number of pyridine rings is 1. The molecule has 0 bridgehead atoms. The van der Waals surface area contributed by atoms with Crippen molar-refractivity contribution in [1.29, 1.82) is 0 Å².